The maximum atomic E-state index is 2.52. The zero-order valence-electron chi connectivity index (χ0n) is 12.5. The molecule has 0 aromatic rings. The lowest BCUT2D eigenvalue weighted by Gasteiger charge is -2.13. The minimum atomic E-state index is 0.873. The maximum absolute atomic E-state index is 2.52. The fourth-order valence-electron chi connectivity index (χ4n) is 2.92. The first-order valence-corrected chi connectivity index (χ1v) is 8.20. The Morgan fingerprint density at radius 1 is 0.889 bits per heavy atom. The van der Waals surface area contributed by atoms with Gasteiger partial charge >= 0.3 is 0 Å². The Labute approximate surface area is 115 Å². The van der Waals surface area contributed by atoms with Gasteiger partial charge in [-0.1, -0.05) is 70.3 Å². The molecule has 0 radical (unpaired) electrons. The molecule has 1 saturated carbocycles. The van der Waals surface area contributed by atoms with E-state index in [0.29, 0.717) is 0 Å². The molecule has 0 spiro atoms. The van der Waals surface area contributed by atoms with Crippen LogP contribution in [0.5, 0.6) is 0 Å². The second-order valence-electron chi connectivity index (χ2n) is 5.77. The van der Waals surface area contributed by atoms with Crippen LogP contribution >= 0.6 is 0 Å². The average Bonchev–Trinajstić information content (AvgIpc) is 2.82. The van der Waals surface area contributed by atoms with Crippen molar-refractivity contribution in [3.8, 4) is 0 Å². The number of unbranched alkanes of at least 4 members (excludes halogenated alkanes) is 4. The fraction of sp³-hybridized carbons (Fsp3) is 0.778. The van der Waals surface area contributed by atoms with Crippen molar-refractivity contribution in [1.29, 1.82) is 0 Å². The molecule has 18 heavy (non-hydrogen) atoms. The second kappa shape index (κ2) is 10.4. The molecule has 0 bridgehead atoms. The summed E-state index contributed by atoms with van der Waals surface area (Å²) in [5.74, 6) is 1.80. The van der Waals surface area contributed by atoms with Crippen molar-refractivity contribution >= 4 is 0 Å². The molecule has 1 rings (SSSR count). The number of hydrogen-bond donors (Lipinski definition) is 0. The van der Waals surface area contributed by atoms with Gasteiger partial charge in [-0.05, 0) is 43.9 Å². The van der Waals surface area contributed by atoms with Crippen molar-refractivity contribution in [2.24, 2.45) is 11.8 Å². The van der Waals surface area contributed by atoms with Crippen molar-refractivity contribution in [2.45, 2.75) is 78.1 Å². The zero-order valence-corrected chi connectivity index (χ0v) is 12.5. The minimum Gasteiger partial charge on any atom is -0.0885 e. The standard InChI is InChI=1S/C18H32/c1-3-5-7-9-11-14-18-16-12-15-17(18)13-10-8-6-4-2/h9-11,13,17-18H,3-8,12,14-16H2,1-2H3/b11-9-,13-10+/t17?,18-/m0/s1. The Morgan fingerprint density at radius 3 is 2.33 bits per heavy atom. The number of allylic oxidation sites excluding steroid dienone is 4. The molecule has 0 heterocycles. The summed E-state index contributed by atoms with van der Waals surface area (Å²) in [6, 6.07) is 0. The monoisotopic (exact) mass is 248 g/mol. The van der Waals surface area contributed by atoms with Crippen molar-refractivity contribution < 1.29 is 0 Å². The van der Waals surface area contributed by atoms with Crippen LogP contribution < -0.4 is 0 Å². The summed E-state index contributed by atoms with van der Waals surface area (Å²) in [6.07, 6.45) is 23.3. The van der Waals surface area contributed by atoms with Crippen LogP contribution in [-0.4, -0.2) is 0 Å². The van der Waals surface area contributed by atoms with E-state index in [9.17, 15) is 0 Å². The predicted molar refractivity (Wildman–Crippen MR) is 82.8 cm³/mol. The molecule has 0 nitrogen and oxygen atoms in total. The normalized spacial score (nSPS) is 24.6. The van der Waals surface area contributed by atoms with Crippen LogP contribution in [0.25, 0.3) is 0 Å². The van der Waals surface area contributed by atoms with Gasteiger partial charge in [-0.25, -0.2) is 0 Å². The van der Waals surface area contributed by atoms with E-state index >= 15 is 0 Å². The second-order valence-corrected chi connectivity index (χ2v) is 5.77. The molecular weight excluding hydrogens is 216 g/mol. The highest BCUT2D eigenvalue weighted by Gasteiger charge is 2.23. The van der Waals surface area contributed by atoms with Gasteiger partial charge in [0, 0.05) is 0 Å². The molecule has 0 amide bonds. The molecule has 0 heteroatoms. The SMILES string of the molecule is CCCC/C=C\C[C@H]1CCCC1/C=C/CCCC. The summed E-state index contributed by atoms with van der Waals surface area (Å²) in [5.41, 5.74) is 0. The van der Waals surface area contributed by atoms with Crippen molar-refractivity contribution in [3.05, 3.63) is 24.3 Å². The van der Waals surface area contributed by atoms with E-state index in [1.54, 1.807) is 0 Å². The van der Waals surface area contributed by atoms with E-state index in [-0.39, 0.29) is 0 Å². The maximum Gasteiger partial charge on any atom is -0.0202 e. The minimum absolute atomic E-state index is 0.873. The first kappa shape index (κ1) is 15.5. The molecule has 2 atom stereocenters. The zero-order chi connectivity index (χ0) is 13.1. The Kier molecular flexibility index (Phi) is 8.98. The number of rotatable bonds is 9. The summed E-state index contributed by atoms with van der Waals surface area (Å²) in [7, 11) is 0. The molecular formula is C18H32. The smallest absolute Gasteiger partial charge is 0.0202 e. The highest BCUT2D eigenvalue weighted by molar-refractivity contribution is 4.97. The van der Waals surface area contributed by atoms with Gasteiger partial charge in [-0.15, -0.1) is 0 Å². The molecule has 1 aliphatic carbocycles. The van der Waals surface area contributed by atoms with E-state index in [1.807, 2.05) is 0 Å². The lowest BCUT2D eigenvalue weighted by Crippen LogP contribution is -2.03. The van der Waals surface area contributed by atoms with Gasteiger partial charge in [0.2, 0.25) is 0 Å². The molecule has 0 N–H and O–H groups in total. The summed E-state index contributed by atoms with van der Waals surface area (Å²) in [4.78, 5) is 0. The first-order chi connectivity index (χ1) is 8.88. The molecule has 0 aromatic heterocycles. The lowest BCUT2D eigenvalue weighted by atomic mass is 9.92. The summed E-state index contributed by atoms with van der Waals surface area (Å²) >= 11 is 0. The van der Waals surface area contributed by atoms with Gasteiger partial charge in [0.05, 0.1) is 0 Å². The summed E-state index contributed by atoms with van der Waals surface area (Å²) < 4.78 is 0. The van der Waals surface area contributed by atoms with Gasteiger partial charge in [-0.3, -0.25) is 0 Å². The largest absolute Gasteiger partial charge is 0.0885 e. The Hall–Kier alpha value is -0.520. The van der Waals surface area contributed by atoms with Crippen LogP contribution in [0.2, 0.25) is 0 Å². The Balaban J connectivity index is 2.22. The van der Waals surface area contributed by atoms with E-state index in [1.165, 1.54) is 64.2 Å². The van der Waals surface area contributed by atoms with Crippen LogP contribution in [0.15, 0.2) is 24.3 Å². The first-order valence-electron chi connectivity index (χ1n) is 8.20. The van der Waals surface area contributed by atoms with E-state index in [0.717, 1.165) is 11.8 Å². The van der Waals surface area contributed by atoms with Crippen LogP contribution in [0, 0.1) is 11.8 Å². The summed E-state index contributed by atoms with van der Waals surface area (Å²) in [5, 5.41) is 0. The van der Waals surface area contributed by atoms with Crippen molar-refractivity contribution in [3.63, 3.8) is 0 Å². The third-order valence-corrected chi connectivity index (χ3v) is 4.16. The molecule has 0 aliphatic heterocycles. The number of hydrogen-bond acceptors (Lipinski definition) is 0. The highest BCUT2D eigenvalue weighted by Crippen LogP contribution is 2.35. The molecule has 104 valence electrons. The van der Waals surface area contributed by atoms with E-state index < -0.39 is 0 Å². The van der Waals surface area contributed by atoms with Gasteiger partial charge in [0.25, 0.3) is 0 Å². The molecule has 1 aliphatic rings. The highest BCUT2D eigenvalue weighted by atomic mass is 14.3. The Morgan fingerprint density at radius 2 is 1.61 bits per heavy atom. The topological polar surface area (TPSA) is 0 Å². The van der Waals surface area contributed by atoms with E-state index in [4.69, 9.17) is 0 Å². The predicted octanol–water partition coefficient (Wildman–Crippen LogP) is 6.29. The quantitative estimate of drug-likeness (QED) is 0.332. The Bertz CT molecular complexity index is 236. The van der Waals surface area contributed by atoms with Gasteiger partial charge in [-0.2, -0.15) is 0 Å². The molecule has 1 fully saturated rings. The fourth-order valence-corrected chi connectivity index (χ4v) is 2.92. The average molecular weight is 248 g/mol. The molecule has 1 unspecified atom stereocenters. The van der Waals surface area contributed by atoms with Gasteiger partial charge < -0.3 is 0 Å². The molecule has 0 aromatic carbocycles. The van der Waals surface area contributed by atoms with Crippen LogP contribution in [0.4, 0.5) is 0 Å². The molecule has 0 saturated heterocycles. The third kappa shape index (κ3) is 6.42. The van der Waals surface area contributed by atoms with E-state index in [2.05, 4.69) is 38.2 Å². The van der Waals surface area contributed by atoms with Crippen LogP contribution in [0.3, 0.4) is 0 Å². The van der Waals surface area contributed by atoms with Crippen LogP contribution in [-0.2, 0) is 0 Å². The lowest BCUT2D eigenvalue weighted by molar-refractivity contribution is 0.463. The van der Waals surface area contributed by atoms with Crippen LogP contribution in [0.1, 0.15) is 78.1 Å². The van der Waals surface area contributed by atoms with Crippen molar-refractivity contribution in [2.75, 3.05) is 0 Å². The van der Waals surface area contributed by atoms with Gasteiger partial charge in [0.15, 0.2) is 0 Å². The van der Waals surface area contributed by atoms with Crippen molar-refractivity contribution in [1.82, 2.24) is 0 Å². The third-order valence-electron chi connectivity index (χ3n) is 4.16. The van der Waals surface area contributed by atoms with Gasteiger partial charge in [0.1, 0.15) is 0 Å². The summed E-state index contributed by atoms with van der Waals surface area (Å²) in [6.45, 7) is 4.54.